The third kappa shape index (κ3) is 4.97. The lowest BCUT2D eigenvalue weighted by Gasteiger charge is -2.41. The molecule has 4 rings (SSSR count). The van der Waals surface area contributed by atoms with Crippen molar-refractivity contribution in [1.29, 1.82) is 0 Å². The molecule has 166 valence electrons. The molecule has 32 heavy (non-hydrogen) atoms. The molecule has 1 aliphatic rings. The number of rotatable bonds is 8. The van der Waals surface area contributed by atoms with Gasteiger partial charge in [0.05, 0.1) is 12.0 Å². The topological polar surface area (TPSA) is 81.3 Å². The standard InChI is InChI=1S/C26H30N4O2/c1-2-32-23-10-8-20(9-11-23)17-30-13-5-12-26(18-30,25(27)31)14-21-6-3-4-7-24(21)22-15-28-19-29-16-22/h3-4,6-11,15-16,19H,2,5,12-14,17-18H2,1H3,(H2,27,31)/t26-/m0/s1. The van der Waals surface area contributed by atoms with E-state index in [4.69, 9.17) is 10.5 Å². The highest BCUT2D eigenvalue weighted by molar-refractivity contribution is 5.82. The SMILES string of the molecule is CCOc1ccc(CN2CCC[C@@](Cc3ccccc3-c3cncnc3)(C(N)=O)C2)cc1. The molecule has 1 saturated heterocycles. The Bertz CT molecular complexity index is 1040. The van der Waals surface area contributed by atoms with Crippen molar-refractivity contribution in [2.75, 3.05) is 19.7 Å². The Kier molecular flexibility index (Phi) is 6.81. The summed E-state index contributed by atoms with van der Waals surface area (Å²) >= 11 is 0. The minimum absolute atomic E-state index is 0.229. The Morgan fingerprint density at radius 2 is 1.88 bits per heavy atom. The van der Waals surface area contributed by atoms with Crippen LogP contribution in [0.2, 0.25) is 0 Å². The van der Waals surface area contributed by atoms with Crippen LogP contribution >= 0.6 is 0 Å². The van der Waals surface area contributed by atoms with Crippen LogP contribution in [0.15, 0.2) is 67.3 Å². The monoisotopic (exact) mass is 430 g/mol. The number of likely N-dealkylation sites (tertiary alicyclic amines) is 1. The highest BCUT2D eigenvalue weighted by Gasteiger charge is 2.41. The van der Waals surface area contributed by atoms with Crippen LogP contribution in [0.4, 0.5) is 0 Å². The molecule has 0 bridgehead atoms. The van der Waals surface area contributed by atoms with Crippen LogP contribution in [0.25, 0.3) is 11.1 Å². The summed E-state index contributed by atoms with van der Waals surface area (Å²) in [6, 6.07) is 16.3. The maximum Gasteiger partial charge on any atom is 0.225 e. The van der Waals surface area contributed by atoms with Crippen LogP contribution in [0.3, 0.4) is 0 Å². The number of primary amides is 1. The molecule has 1 amide bonds. The predicted octanol–water partition coefficient (Wildman–Crippen LogP) is 3.85. The maximum absolute atomic E-state index is 12.8. The first-order valence-electron chi connectivity index (χ1n) is 11.2. The van der Waals surface area contributed by atoms with Gasteiger partial charge in [0.25, 0.3) is 0 Å². The summed E-state index contributed by atoms with van der Waals surface area (Å²) < 4.78 is 5.55. The van der Waals surface area contributed by atoms with Gasteiger partial charge >= 0.3 is 0 Å². The van der Waals surface area contributed by atoms with E-state index in [1.807, 2.05) is 43.6 Å². The molecule has 0 spiro atoms. The molecule has 1 aliphatic heterocycles. The average Bonchev–Trinajstić information content (AvgIpc) is 2.82. The van der Waals surface area contributed by atoms with Gasteiger partial charge < -0.3 is 10.5 Å². The fourth-order valence-electron chi connectivity index (χ4n) is 4.67. The Labute approximate surface area is 189 Å². The van der Waals surface area contributed by atoms with Crippen molar-refractivity contribution < 1.29 is 9.53 Å². The van der Waals surface area contributed by atoms with Gasteiger partial charge in [-0.25, -0.2) is 9.97 Å². The van der Waals surface area contributed by atoms with E-state index in [0.29, 0.717) is 19.6 Å². The van der Waals surface area contributed by atoms with Crippen LogP contribution in [-0.4, -0.2) is 40.5 Å². The lowest BCUT2D eigenvalue weighted by Crippen LogP contribution is -2.51. The van der Waals surface area contributed by atoms with Crippen molar-refractivity contribution in [2.24, 2.45) is 11.1 Å². The zero-order chi connectivity index (χ0) is 22.4. The van der Waals surface area contributed by atoms with Crippen molar-refractivity contribution in [2.45, 2.75) is 32.7 Å². The average molecular weight is 431 g/mol. The number of carbonyl (C=O) groups is 1. The molecule has 2 heterocycles. The van der Waals surface area contributed by atoms with Crippen molar-refractivity contribution in [3.63, 3.8) is 0 Å². The lowest BCUT2D eigenvalue weighted by molar-refractivity contribution is -0.131. The van der Waals surface area contributed by atoms with Crippen LogP contribution < -0.4 is 10.5 Å². The normalized spacial score (nSPS) is 18.9. The molecule has 2 N–H and O–H groups in total. The first-order valence-corrected chi connectivity index (χ1v) is 11.2. The first kappa shape index (κ1) is 22.0. The zero-order valence-electron chi connectivity index (χ0n) is 18.5. The number of hydrogen-bond donors (Lipinski definition) is 1. The van der Waals surface area contributed by atoms with Gasteiger partial charge in [0, 0.05) is 31.0 Å². The summed E-state index contributed by atoms with van der Waals surface area (Å²) in [5.74, 6) is 0.649. The third-order valence-corrected chi connectivity index (χ3v) is 6.24. The Balaban J connectivity index is 1.55. The highest BCUT2D eigenvalue weighted by Crippen LogP contribution is 2.37. The summed E-state index contributed by atoms with van der Waals surface area (Å²) in [6.07, 6.45) is 7.48. The third-order valence-electron chi connectivity index (χ3n) is 6.24. The van der Waals surface area contributed by atoms with Crippen LogP contribution in [-0.2, 0) is 17.8 Å². The fraction of sp³-hybridized carbons (Fsp3) is 0.346. The molecule has 2 aromatic carbocycles. The molecule has 0 aliphatic carbocycles. The van der Waals surface area contributed by atoms with Crippen molar-refractivity contribution >= 4 is 5.91 Å². The van der Waals surface area contributed by atoms with Gasteiger partial charge in [0.2, 0.25) is 5.91 Å². The number of nitrogens with zero attached hydrogens (tertiary/aromatic N) is 3. The van der Waals surface area contributed by atoms with E-state index >= 15 is 0 Å². The second-order valence-electron chi connectivity index (χ2n) is 8.50. The van der Waals surface area contributed by atoms with E-state index < -0.39 is 5.41 Å². The second kappa shape index (κ2) is 9.92. The van der Waals surface area contributed by atoms with E-state index in [1.54, 1.807) is 0 Å². The summed E-state index contributed by atoms with van der Waals surface area (Å²) in [5.41, 5.74) is 9.75. The van der Waals surface area contributed by atoms with E-state index in [1.165, 1.54) is 11.9 Å². The number of amides is 1. The smallest absolute Gasteiger partial charge is 0.225 e. The molecular weight excluding hydrogens is 400 g/mol. The quantitative estimate of drug-likeness (QED) is 0.587. The maximum atomic E-state index is 12.8. The number of aromatic nitrogens is 2. The van der Waals surface area contributed by atoms with Crippen molar-refractivity contribution in [3.8, 4) is 16.9 Å². The minimum atomic E-state index is -0.602. The molecule has 6 heteroatoms. The number of ether oxygens (including phenoxy) is 1. The number of hydrogen-bond acceptors (Lipinski definition) is 5. The summed E-state index contributed by atoms with van der Waals surface area (Å²) in [5, 5.41) is 0. The summed E-state index contributed by atoms with van der Waals surface area (Å²) in [7, 11) is 0. The van der Waals surface area contributed by atoms with E-state index in [2.05, 4.69) is 39.1 Å². The van der Waals surface area contributed by atoms with E-state index in [0.717, 1.165) is 48.4 Å². The number of nitrogens with two attached hydrogens (primary N) is 1. The van der Waals surface area contributed by atoms with Gasteiger partial charge in [-0.3, -0.25) is 9.69 Å². The molecule has 1 fully saturated rings. The van der Waals surface area contributed by atoms with Gasteiger partial charge in [0.15, 0.2) is 0 Å². The van der Waals surface area contributed by atoms with Gasteiger partial charge in [-0.1, -0.05) is 36.4 Å². The molecule has 6 nitrogen and oxygen atoms in total. The molecule has 3 aromatic rings. The van der Waals surface area contributed by atoms with Crippen molar-refractivity contribution in [1.82, 2.24) is 14.9 Å². The van der Waals surface area contributed by atoms with Crippen molar-refractivity contribution in [3.05, 3.63) is 78.4 Å². The van der Waals surface area contributed by atoms with Gasteiger partial charge in [0.1, 0.15) is 12.1 Å². The summed E-state index contributed by atoms with van der Waals surface area (Å²) in [4.78, 5) is 23.5. The Hall–Kier alpha value is -3.25. The summed E-state index contributed by atoms with van der Waals surface area (Å²) in [6.45, 7) is 5.03. The van der Waals surface area contributed by atoms with Gasteiger partial charge in [-0.05, 0) is 61.6 Å². The highest BCUT2D eigenvalue weighted by atomic mass is 16.5. The largest absolute Gasteiger partial charge is 0.494 e. The Morgan fingerprint density at radius 1 is 1.12 bits per heavy atom. The molecule has 0 unspecified atom stereocenters. The van der Waals surface area contributed by atoms with E-state index in [9.17, 15) is 4.79 Å². The predicted molar refractivity (Wildman–Crippen MR) is 125 cm³/mol. The first-order chi connectivity index (χ1) is 15.6. The van der Waals surface area contributed by atoms with E-state index in [-0.39, 0.29) is 5.91 Å². The van der Waals surface area contributed by atoms with Crippen LogP contribution in [0.1, 0.15) is 30.9 Å². The lowest BCUT2D eigenvalue weighted by atomic mass is 9.73. The number of piperidine rings is 1. The van der Waals surface area contributed by atoms with Gasteiger partial charge in [-0.2, -0.15) is 0 Å². The number of benzene rings is 2. The number of carbonyl (C=O) groups excluding carboxylic acids is 1. The van der Waals surface area contributed by atoms with Gasteiger partial charge in [-0.15, -0.1) is 0 Å². The fourth-order valence-corrected chi connectivity index (χ4v) is 4.67. The molecule has 0 saturated carbocycles. The second-order valence-corrected chi connectivity index (χ2v) is 8.50. The molecule has 0 radical (unpaired) electrons. The Morgan fingerprint density at radius 3 is 2.59 bits per heavy atom. The van der Waals surface area contributed by atoms with Crippen LogP contribution in [0, 0.1) is 5.41 Å². The minimum Gasteiger partial charge on any atom is -0.494 e. The molecule has 1 aromatic heterocycles. The molecule has 1 atom stereocenters. The van der Waals surface area contributed by atoms with Crippen LogP contribution in [0.5, 0.6) is 5.75 Å². The molecular formula is C26H30N4O2. The zero-order valence-corrected chi connectivity index (χ0v) is 18.5.